The molecule has 0 spiro atoms. The lowest BCUT2D eigenvalue weighted by Gasteiger charge is -2.11. The van der Waals surface area contributed by atoms with E-state index in [9.17, 15) is 0 Å². The van der Waals surface area contributed by atoms with E-state index < -0.39 is 0 Å². The fourth-order valence-electron chi connectivity index (χ4n) is 4.97. The largest absolute Gasteiger partial charge is 0.493 e. The molecule has 3 atom stereocenters. The van der Waals surface area contributed by atoms with E-state index in [1.807, 2.05) is 26.0 Å². The maximum Gasteiger partial charge on any atom is 0.179 e. The molecule has 5 heterocycles. The summed E-state index contributed by atoms with van der Waals surface area (Å²) in [5, 5.41) is 9.05. The summed E-state index contributed by atoms with van der Waals surface area (Å²) >= 11 is 0. The minimum absolute atomic E-state index is 0.578. The molecule has 0 amide bonds. The molecule has 148 valence electrons. The Hall–Kier alpha value is -3.00. The molecule has 1 aliphatic carbocycles. The van der Waals surface area contributed by atoms with Crippen molar-refractivity contribution in [3.05, 3.63) is 41.6 Å². The van der Waals surface area contributed by atoms with Crippen molar-refractivity contribution < 1.29 is 4.74 Å². The number of piperidine rings is 1. The van der Waals surface area contributed by atoms with Gasteiger partial charge in [-0.2, -0.15) is 0 Å². The van der Waals surface area contributed by atoms with Gasteiger partial charge in [0.05, 0.1) is 18.5 Å². The Balaban J connectivity index is 1.45. The van der Waals surface area contributed by atoms with Gasteiger partial charge in [-0.05, 0) is 50.4 Å². The number of aryl methyl sites for hydroxylation is 2. The van der Waals surface area contributed by atoms with Gasteiger partial charge < -0.3 is 14.0 Å². The van der Waals surface area contributed by atoms with Crippen molar-refractivity contribution in [1.82, 2.24) is 34.1 Å². The van der Waals surface area contributed by atoms with E-state index >= 15 is 0 Å². The Kier molecular flexibility index (Phi) is 3.36. The van der Waals surface area contributed by atoms with Crippen molar-refractivity contribution >= 4 is 11.3 Å². The highest BCUT2D eigenvalue weighted by Gasteiger charge is 2.56. The smallest absolute Gasteiger partial charge is 0.179 e. The molecule has 8 nitrogen and oxygen atoms in total. The third-order valence-corrected chi connectivity index (χ3v) is 6.37. The first-order chi connectivity index (χ1) is 14.0. The summed E-state index contributed by atoms with van der Waals surface area (Å²) in [4.78, 5) is 11.8. The lowest BCUT2D eigenvalue weighted by Crippen LogP contribution is -2.18. The number of rotatable bonds is 3. The van der Waals surface area contributed by atoms with E-state index in [0.29, 0.717) is 11.7 Å². The van der Waals surface area contributed by atoms with Gasteiger partial charge in [0.2, 0.25) is 0 Å². The molecule has 0 N–H and O–H groups in total. The molecular formula is C21H23N7O. The van der Waals surface area contributed by atoms with Crippen molar-refractivity contribution in [3.8, 4) is 17.0 Å². The number of fused-ring (bicyclic) bond motifs is 3. The van der Waals surface area contributed by atoms with Crippen LogP contribution in [-0.4, -0.2) is 61.3 Å². The molecule has 6 rings (SSSR count). The fourth-order valence-corrected chi connectivity index (χ4v) is 4.97. The molecule has 2 fully saturated rings. The third-order valence-electron chi connectivity index (χ3n) is 6.37. The maximum absolute atomic E-state index is 5.68. The van der Waals surface area contributed by atoms with Gasteiger partial charge >= 0.3 is 0 Å². The normalized spacial score (nSPS) is 23.8. The van der Waals surface area contributed by atoms with Crippen LogP contribution in [0, 0.1) is 25.7 Å². The molecule has 4 aromatic heterocycles. The van der Waals surface area contributed by atoms with Crippen molar-refractivity contribution in [1.29, 1.82) is 0 Å². The number of likely N-dealkylation sites (tertiary alicyclic amines) is 1. The lowest BCUT2D eigenvalue weighted by atomic mass is 10.1. The van der Waals surface area contributed by atoms with Crippen LogP contribution < -0.4 is 4.74 Å². The molecule has 0 bridgehead atoms. The second-order valence-corrected chi connectivity index (χ2v) is 8.45. The number of imidazole rings is 1. The Morgan fingerprint density at radius 3 is 2.55 bits per heavy atom. The number of methoxy groups -OCH3 is 1. The zero-order chi connectivity index (χ0) is 19.9. The monoisotopic (exact) mass is 389 g/mol. The zero-order valence-corrected chi connectivity index (χ0v) is 17.0. The Morgan fingerprint density at radius 2 is 1.79 bits per heavy atom. The highest BCUT2D eigenvalue weighted by Crippen LogP contribution is 2.57. The quantitative estimate of drug-likeness (QED) is 0.536. The number of nitrogens with zero attached hydrogens (tertiary/aromatic N) is 7. The Labute approximate surface area is 168 Å². The summed E-state index contributed by atoms with van der Waals surface area (Å²) < 4.78 is 9.37. The molecule has 8 heteroatoms. The number of pyridine rings is 1. The van der Waals surface area contributed by atoms with E-state index in [1.54, 1.807) is 11.7 Å². The summed E-state index contributed by atoms with van der Waals surface area (Å²) in [5.74, 6) is 3.54. The van der Waals surface area contributed by atoms with Crippen LogP contribution in [-0.2, 0) is 0 Å². The SMILES string of the molecule is COc1cc(-c2cc(C)c3nc(C)nn3n2)cn2cc(C3[C@H]4CN(C)C[C@@H]34)nc12. The van der Waals surface area contributed by atoms with Gasteiger partial charge in [-0.25, -0.2) is 9.97 Å². The molecule has 1 aliphatic heterocycles. The van der Waals surface area contributed by atoms with Gasteiger partial charge in [0.1, 0.15) is 5.82 Å². The zero-order valence-electron chi connectivity index (χ0n) is 17.0. The molecule has 1 saturated carbocycles. The van der Waals surface area contributed by atoms with Crippen molar-refractivity contribution in [3.63, 3.8) is 0 Å². The summed E-state index contributed by atoms with van der Waals surface area (Å²) in [7, 11) is 3.89. The van der Waals surface area contributed by atoms with E-state index in [0.717, 1.165) is 45.7 Å². The lowest BCUT2D eigenvalue weighted by molar-refractivity contribution is 0.362. The summed E-state index contributed by atoms with van der Waals surface area (Å²) in [6, 6.07) is 4.05. The fraction of sp³-hybridized carbons (Fsp3) is 0.429. The number of ether oxygens (including phenoxy) is 1. The molecule has 29 heavy (non-hydrogen) atoms. The predicted molar refractivity (Wildman–Crippen MR) is 108 cm³/mol. The van der Waals surface area contributed by atoms with Gasteiger partial charge in [-0.15, -0.1) is 14.8 Å². The van der Waals surface area contributed by atoms with Gasteiger partial charge in [-0.3, -0.25) is 0 Å². The standard InChI is InChI=1S/C21H23N7O/c1-11-5-16(25-28-20(11)22-12(2)24-28)13-6-18(29-4)21-23-17(10-27(21)7-13)19-14-8-26(3)9-15(14)19/h5-7,10,14-15,19H,8-9H2,1-4H3/t14-,15+,19?. The molecule has 4 aromatic rings. The average molecular weight is 389 g/mol. The van der Waals surface area contributed by atoms with Gasteiger partial charge in [0.15, 0.2) is 17.0 Å². The molecule has 0 aromatic carbocycles. The van der Waals surface area contributed by atoms with E-state index in [-0.39, 0.29) is 0 Å². The van der Waals surface area contributed by atoms with E-state index in [2.05, 4.69) is 43.9 Å². The van der Waals surface area contributed by atoms with Gasteiger partial charge in [0, 0.05) is 37.0 Å². The molecule has 1 unspecified atom stereocenters. The van der Waals surface area contributed by atoms with Crippen LogP contribution in [0.1, 0.15) is 23.0 Å². The minimum Gasteiger partial charge on any atom is -0.493 e. The summed E-state index contributed by atoms with van der Waals surface area (Å²) in [5.41, 5.74) is 5.66. The first-order valence-electron chi connectivity index (χ1n) is 9.98. The number of hydrogen-bond acceptors (Lipinski definition) is 6. The van der Waals surface area contributed by atoms with Gasteiger partial charge in [0.25, 0.3) is 0 Å². The third kappa shape index (κ3) is 2.48. The van der Waals surface area contributed by atoms with Crippen LogP contribution >= 0.6 is 0 Å². The van der Waals surface area contributed by atoms with Crippen LogP contribution in [0.3, 0.4) is 0 Å². The first kappa shape index (κ1) is 16.9. The highest BCUT2D eigenvalue weighted by molar-refractivity contribution is 5.68. The molecule has 1 saturated heterocycles. The van der Waals surface area contributed by atoms with Crippen molar-refractivity contribution in [2.75, 3.05) is 27.2 Å². The minimum atomic E-state index is 0.578. The van der Waals surface area contributed by atoms with Crippen LogP contribution in [0.5, 0.6) is 5.75 Å². The topological polar surface area (TPSA) is 72.8 Å². The first-order valence-corrected chi connectivity index (χ1v) is 9.98. The van der Waals surface area contributed by atoms with E-state index in [1.165, 1.54) is 18.8 Å². The number of aromatic nitrogens is 6. The molecule has 0 radical (unpaired) electrons. The van der Waals surface area contributed by atoms with Gasteiger partial charge in [-0.1, -0.05) is 0 Å². The Morgan fingerprint density at radius 1 is 1.00 bits per heavy atom. The Bertz CT molecular complexity index is 1260. The second kappa shape index (κ2) is 5.76. The van der Waals surface area contributed by atoms with Crippen LogP contribution in [0.4, 0.5) is 0 Å². The average Bonchev–Trinajstić information content (AvgIpc) is 3.07. The second-order valence-electron chi connectivity index (χ2n) is 8.45. The van der Waals surface area contributed by atoms with Crippen LogP contribution in [0.2, 0.25) is 0 Å². The summed E-state index contributed by atoms with van der Waals surface area (Å²) in [6.07, 6.45) is 4.24. The molecular weight excluding hydrogens is 366 g/mol. The van der Waals surface area contributed by atoms with Crippen molar-refractivity contribution in [2.45, 2.75) is 19.8 Å². The van der Waals surface area contributed by atoms with Crippen LogP contribution in [0.25, 0.3) is 22.6 Å². The predicted octanol–water partition coefficient (Wildman–Crippen LogP) is 2.34. The summed E-state index contributed by atoms with van der Waals surface area (Å²) in [6.45, 7) is 6.25. The number of hydrogen-bond donors (Lipinski definition) is 0. The highest BCUT2D eigenvalue weighted by atomic mass is 16.5. The molecule has 2 aliphatic rings. The maximum atomic E-state index is 5.68. The van der Waals surface area contributed by atoms with Crippen molar-refractivity contribution in [2.24, 2.45) is 11.8 Å². The van der Waals surface area contributed by atoms with E-state index in [4.69, 9.17) is 9.72 Å². The van der Waals surface area contributed by atoms with Crippen LogP contribution in [0.15, 0.2) is 24.5 Å².